The number of ether oxygens (including phenoxy) is 1. The Kier molecular flexibility index (Phi) is 3.95. The van der Waals surface area contributed by atoms with Crippen molar-refractivity contribution in [1.82, 2.24) is 0 Å². The van der Waals surface area contributed by atoms with Gasteiger partial charge in [0.2, 0.25) is 0 Å². The third-order valence-electron chi connectivity index (χ3n) is 2.76. The highest BCUT2D eigenvalue weighted by Crippen LogP contribution is 2.29. The Morgan fingerprint density at radius 3 is 2.62 bits per heavy atom. The second-order valence-corrected chi connectivity index (χ2v) is 3.93. The van der Waals surface area contributed by atoms with Crippen LogP contribution in [0.5, 0.6) is 0 Å². The molecule has 1 atom stereocenters. The maximum Gasteiger partial charge on any atom is 0.107 e. The van der Waals surface area contributed by atoms with E-state index in [9.17, 15) is 0 Å². The van der Waals surface area contributed by atoms with Crippen LogP contribution in [0.4, 0.5) is 0 Å². The SMILES string of the molecule is CCOC(C1=CCCC=C1)c1ccccc1. The summed E-state index contributed by atoms with van der Waals surface area (Å²) in [5.74, 6) is 0. The van der Waals surface area contributed by atoms with E-state index in [0.29, 0.717) is 0 Å². The van der Waals surface area contributed by atoms with E-state index in [1.807, 2.05) is 13.0 Å². The van der Waals surface area contributed by atoms with Crippen molar-refractivity contribution in [2.45, 2.75) is 25.9 Å². The van der Waals surface area contributed by atoms with Gasteiger partial charge in [-0.1, -0.05) is 48.6 Å². The highest BCUT2D eigenvalue weighted by molar-refractivity contribution is 5.34. The van der Waals surface area contributed by atoms with Gasteiger partial charge < -0.3 is 4.74 Å². The first kappa shape index (κ1) is 11.2. The van der Waals surface area contributed by atoms with Gasteiger partial charge in [-0.25, -0.2) is 0 Å². The lowest BCUT2D eigenvalue weighted by molar-refractivity contribution is 0.0904. The highest BCUT2D eigenvalue weighted by atomic mass is 16.5. The Morgan fingerprint density at radius 1 is 1.19 bits per heavy atom. The molecule has 0 bridgehead atoms. The molecule has 1 aromatic rings. The molecule has 0 N–H and O–H groups in total. The predicted molar refractivity (Wildman–Crippen MR) is 67.3 cm³/mol. The van der Waals surface area contributed by atoms with Gasteiger partial charge in [0, 0.05) is 6.61 Å². The minimum atomic E-state index is 0.0998. The third-order valence-corrected chi connectivity index (χ3v) is 2.76. The average Bonchev–Trinajstić information content (AvgIpc) is 2.38. The molecule has 1 aliphatic rings. The van der Waals surface area contributed by atoms with Crippen LogP contribution in [0.15, 0.2) is 54.1 Å². The molecular weight excluding hydrogens is 196 g/mol. The second-order valence-electron chi connectivity index (χ2n) is 3.93. The molecule has 0 amide bonds. The summed E-state index contributed by atoms with van der Waals surface area (Å²) in [6, 6.07) is 10.4. The quantitative estimate of drug-likeness (QED) is 0.735. The Balaban J connectivity index is 2.23. The zero-order chi connectivity index (χ0) is 11.2. The Hall–Kier alpha value is -1.34. The number of benzene rings is 1. The number of hydrogen-bond donors (Lipinski definition) is 0. The summed E-state index contributed by atoms with van der Waals surface area (Å²) in [6.07, 6.45) is 9.08. The van der Waals surface area contributed by atoms with E-state index in [0.717, 1.165) is 19.4 Å². The molecule has 1 aliphatic carbocycles. The second kappa shape index (κ2) is 5.66. The molecule has 0 fully saturated rings. The molecule has 1 nitrogen and oxygen atoms in total. The van der Waals surface area contributed by atoms with Crippen LogP contribution in [0.2, 0.25) is 0 Å². The van der Waals surface area contributed by atoms with Crippen LogP contribution in [-0.2, 0) is 4.74 Å². The lowest BCUT2D eigenvalue weighted by atomic mass is 9.96. The van der Waals surface area contributed by atoms with Crippen molar-refractivity contribution in [1.29, 1.82) is 0 Å². The number of allylic oxidation sites excluding steroid dienone is 2. The summed E-state index contributed by atoms with van der Waals surface area (Å²) in [7, 11) is 0. The van der Waals surface area contributed by atoms with Gasteiger partial charge in [-0.3, -0.25) is 0 Å². The molecule has 0 heterocycles. The smallest absolute Gasteiger partial charge is 0.107 e. The molecule has 2 rings (SSSR count). The molecule has 0 radical (unpaired) electrons. The van der Waals surface area contributed by atoms with E-state index >= 15 is 0 Å². The first-order chi connectivity index (χ1) is 7.92. The van der Waals surface area contributed by atoms with E-state index in [1.165, 1.54) is 11.1 Å². The molecular formula is C15H18O. The minimum Gasteiger partial charge on any atom is -0.369 e. The summed E-state index contributed by atoms with van der Waals surface area (Å²) in [6.45, 7) is 2.79. The Bertz CT molecular complexity index is 376. The monoisotopic (exact) mass is 214 g/mol. The molecule has 0 aliphatic heterocycles. The maximum atomic E-state index is 5.85. The largest absolute Gasteiger partial charge is 0.369 e. The molecule has 1 heteroatoms. The lowest BCUT2D eigenvalue weighted by Gasteiger charge is -2.20. The van der Waals surface area contributed by atoms with Gasteiger partial charge in [0.05, 0.1) is 0 Å². The van der Waals surface area contributed by atoms with Gasteiger partial charge in [-0.2, -0.15) is 0 Å². The molecule has 84 valence electrons. The summed E-state index contributed by atoms with van der Waals surface area (Å²) >= 11 is 0. The summed E-state index contributed by atoms with van der Waals surface area (Å²) in [5, 5.41) is 0. The molecule has 0 spiro atoms. The topological polar surface area (TPSA) is 9.23 Å². The number of hydrogen-bond acceptors (Lipinski definition) is 1. The van der Waals surface area contributed by atoms with Crippen LogP contribution >= 0.6 is 0 Å². The lowest BCUT2D eigenvalue weighted by Crippen LogP contribution is -2.07. The van der Waals surface area contributed by atoms with Crippen molar-refractivity contribution in [2.24, 2.45) is 0 Å². The zero-order valence-electron chi connectivity index (χ0n) is 9.73. The Morgan fingerprint density at radius 2 is 2.00 bits per heavy atom. The van der Waals surface area contributed by atoms with Crippen LogP contribution in [-0.4, -0.2) is 6.61 Å². The van der Waals surface area contributed by atoms with E-state index in [2.05, 4.69) is 42.5 Å². The van der Waals surface area contributed by atoms with Crippen LogP contribution in [0.25, 0.3) is 0 Å². The third kappa shape index (κ3) is 2.61. The van der Waals surface area contributed by atoms with Gasteiger partial charge >= 0.3 is 0 Å². The van der Waals surface area contributed by atoms with Crippen molar-refractivity contribution in [3.05, 3.63) is 59.7 Å². The van der Waals surface area contributed by atoms with Gasteiger partial charge in [0.1, 0.15) is 6.10 Å². The van der Waals surface area contributed by atoms with E-state index < -0.39 is 0 Å². The van der Waals surface area contributed by atoms with E-state index in [-0.39, 0.29) is 6.10 Å². The van der Waals surface area contributed by atoms with Gasteiger partial charge in [0.25, 0.3) is 0 Å². The van der Waals surface area contributed by atoms with Crippen LogP contribution < -0.4 is 0 Å². The van der Waals surface area contributed by atoms with Crippen LogP contribution in [0.3, 0.4) is 0 Å². The van der Waals surface area contributed by atoms with E-state index in [1.54, 1.807) is 0 Å². The highest BCUT2D eigenvalue weighted by Gasteiger charge is 2.15. The summed E-state index contributed by atoms with van der Waals surface area (Å²) in [5.41, 5.74) is 2.53. The fourth-order valence-corrected chi connectivity index (χ4v) is 2.01. The molecule has 0 aromatic heterocycles. The van der Waals surface area contributed by atoms with Crippen molar-refractivity contribution in [2.75, 3.05) is 6.61 Å². The molecule has 0 saturated heterocycles. The fourth-order valence-electron chi connectivity index (χ4n) is 2.01. The van der Waals surface area contributed by atoms with Gasteiger partial charge in [0.15, 0.2) is 0 Å². The first-order valence-electron chi connectivity index (χ1n) is 5.95. The Labute approximate surface area is 97.4 Å². The van der Waals surface area contributed by atoms with Gasteiger partial charge in [-0.05, 0) is 30.9 Å². The summed E-state index contributed by atoms with van der Waals surface area (Å²) < 4.78 is 5.85. The van der Waals surface area contributed by atoms with Crippen molar-refractivity contribution < 1.29 is 4.74 Å². The standard InChI is InChI=1S/C15H18O/c1-2-16-15(13-9-5-3-6-10-13)14-11-7-4-8-12-14/h3,5-7,9-12,15H,2,4,8H2,1H3. The van der Waals surface area contributed by atoms with Crippen molar-refractivity contribution >= 4 is 0 Å². The van der Waals surface area contributed by atoms with Gasteiger partial charge in [-0.15, -0.1) is 0 Å². The molecule has 16 heavy (non-hydrogen) atoms. The first-order valence-corrected chi connectivity index (χ1v) is 5.95. The normalized spacial score (nSPS) is 16.9. The van der Waals surface area contributed by atoms with Crippen molar-refractivity contribution in [3.63, 3.8) is 0 Å². The molecule has 1 unspecified atom stereocenters. The van der Waals surface area contributed by atoms with Crippen molar-refractivity contribution in [3.8, 4) is 0 Å². The predicted octanol–water partition coefficient (Wildman–Crippen LogP) is 4.04. The zero-order valence-corrected chi connectivity index (χ0v) is 9.73. The molecule has 1 aromatic carbocycles. The maximum absolute atomic E-state index is 5.85. The molecule has 0 saturated carbocycles. The fraction of sp³-hybridized carbons (Fsp3) is 0.333. The minimum absolute atomic E-state index is 0.0998. The van der Waals surface area contributed by atoms with Crippen LogP contribution in [0, 0.1) is 0 Å². The summed E-state index contributed by atoms with van der Waals surface area (Å²) in [4.78, 5) is 0. The van der Waals surface area contributed by atoms with Crippen LogP contribution in [0.1, 0.15) is 31.4 Å². The number of rotatable bonds is 4. The average molecular weight is 214 g/mol. The van der Waals surface area contributed by atoms with E-state index in [4.69, 9.17) is 4.74 Å².